The highest BCUT2D eigenvalue weighted by Gasteiger charge is 2.21. The van der Waals surface area contributed by atoms with Crippen molar-refractivity contribution in [1.29, 1.82) is 0 Å². The lowest BCUT2D eigenvalue weighted by molar-refractivity contribution is 0.0960. The van der Waals surface area contributed by atoms with E-state index >= 15 is 0 Å². The molecular formula is C22H18N4O3S. The SMILES string of the molecule is CNC(=O)c1ccc(C(N)=O)cc1-c1nc2c(OC)ncc(-c3ccccc3)c2s1. The van der Waals surface area contributed by atoms with Crippen molar-refractivity contribution in [2.45, 2.75) is 0 Å². The number of nitrogens with two attached hydrogens (primary N) is 1. The van der Waals surface area contributed by atoms with Gasteiger partial charge in [-0.1, -0.05) is 30.3 Å². The summed E-state index contributed by atoms with van der Waals surface area (Å²) >= 11 is 1.40. The third kappa shape index (κ3) is 3.37. The van der Waals surface area contributed by atoms with Gasteiger partial charge < -0.3 is 15.8 Å². The van der Waals surface area contributed by atoms with Gasteiger partial charge in [0.1, 0.15) is 10.5 Å². The number of methoxy groups -OCH3 is 1. The van der Waals surface area contributed by atoms with E-state index in [1.54, 1.807) is 25.4 Å². The van der Waals surface area contributed by atoms with Crippen molar-refractivity contribution in [2.75, 3.05) is 14.2 Å². The molecule has 0 aliphatic heterocycles. The summed E-state index contributed by atoms with van der Waals surface area (Å²) in [6, 6.07) is 14.5. The van der Waals surface area contributed by atoms with Gasteiger partial charge in [0.05, 0.1) is 11.8 Å². The summed E-state index contributed by atoms with van der Waals surface area (Å²) in [6.45, 7) is 0. The van der Waals surface area contributed by atoms with Crippen LogP contribution in [0.1, 0.15) is 20.7 Å². The first-order valence-electron chi connectivity index (χ1n) is 9.08. The van der Waals surface area contributed by atoms with Crippen molar-refractivity contribution in [1.82, 2.24) is 15.3 Å². The Bertz CT molecular complexity index is 1270. The lowest BCUT2D eigenvalue weighted by Crippen LogP contribution is -2.19. The van der Waals surface area contributed by atoms with Crippen LogP contribution in [0.5, 0.6) is 5.88 Å². The first kappa shape index (κ1) is 19.5. The maximum atomic E-state index is 12.4. The van der Waals surface area contributed by atoms with E-state index < -0.39 is 5.91 Å². The lowest BCUT2D eigenvalue weighted by atomic mass is 10.0. The maximum absolute atomic E-state index is 12.4. The van der Waals surface area contributed by atoms with E-state index in [2.05, 4.69) is 10.3 Å². The number of carbonyl (C=O) groups excluding carboxylic acids is 2. The van der Waals surface area contributed by atoms with E-state index in [-0.39, 0.29) is 5.91 Å². The summed E-state index contributed by atoms with van der Waals surface area (Å²) < 4.78 is 6.28. The molecule has 0 fully saturated rings. The molecule has 0 spiro atoms. The molecule has 0 saturated heterocycles. The van der Waals surface area contributed by atoms with Crippen LogP contribution < -0.4 is 15.8 Å². The molecule has 8 heteroatoms. The first-order valence-corrected chi connectivity index (χ1v) is 9.90. The molecule has 4 rings (SSSR count). The third-order valence-corrected chi connectivity index (χ3v) is 5.79. The molecule has 0 radical (unpaired) electrons. The number of ether oxygens (including phenoxy) is 1. The summed E-state index contributed by atoms with van der Waals surface area (Å²) in [5.41, 5.74) is 9.15. The topological polar surface area (TPSA) is 107 Å². The van der Waals surface area contributed by atoms with E-state index in [1.807, 2.05) is 30.3 Å². The largest absolute Gasteiger partial charge is 0.479 e. The van der Waals surface area contributed by atoms with Crippen molar-refractivity contribution >= 4 is 33.4 Å². The van der Waals surface area contributed by atoms with Crippen LogP contribution in [0, 0.1) is 0 Å². The fourth-order valence-corrected chi connectivity index (χ4v) is 4.30. The Morgan fingerprint density at radius 3 is 2.53 bits per heavy atom. The number of pyridine rings is 1. The van der Waals surface area contributed by atoms with Crippen LogP contribution in [0.25, 0.3) is 31.9 Å². The average Bonchev–Trinajstić information content (AvgIpc) is 3.23. The van der Waals surface area contributed by atoms with Gasteiger partial charge in [-0.2, -0.15) is 0 Å². The number of primary amides is 1. The molecule has 0 unspecified atom stereocenters. The molecule has 7 nitrogen and oxygen atoms in total. The zero-order valence-corrected chi connectivity index (χ0v) is 17.1. The van der Waals surface area contributed by atoms with Crippen LogP contribution in [0.4, 0.5) is 0 Å². The highest BCUT2D eigenvalue weighted by atomic mass is 32.1. The van der Waals surface area contributed by atoms with Gasteiger partial charge in [0.15, 0.2) is 0 Å². The zero-order valence-electron chi connectivity index (χ0n) is 16.3. The molecule has 0 bridgehead atoms. The quantitative estimate of drug-likeness (QED) is 0.516. The fraction of sp³-hybridized carbons (Fsp3) is 0.0909. The van der Waals surface area contributed by atoms with Crippen molar-refractivity contribution in [3.63, 3.8) is 0 Å². The Morgan fingerprint density at radius 1 is 1.10 bits per heavy atom. The molecule has 0 saturated carbocycles. The average molecular weight is 418 g/mol. The zero-order chi connectivity index (χ0) is 21.3. The molecule has 30 heavy (non-hydrogen) atoms. The van der Waals surface area contributed by atoms with Gasteiger partial charge in [0.2, 0.25) is 11.8 Å². The second kappa shape index (κ2) is 7.92. The number of thiazole rings is 1. The first-order chi connectivity index (χ1) is 14.5. The summed E-state index contributed by atoms with van der Waals surface area (Å²) in [4.78, 5) is 33.3. The van der Waals surface area contributed by atoms with Gasteiger partial charge in [-0.15, -0.1) is 11.3 Å². The van der Waals surface area contributed by atoms with Crippen molar-refractivity contribution in [2.24, 2.45) is 5.73 Å². The Morgan fingerprint density at radius 2 is 1.87 bits per heavy atom. The van der Waals surface area contributed by atoms with Gasteiger partial charge in [-0.05, 0) is 23.8 Å². The minimum Gasteiger partial charge on any atom is -0.479 e. The van der Waals surface area contributed by atoms with E-state index in [9.17, 15) is 9.59 Å². The van der Waals surface area contributed by atoms with Crippen LogP contribution in [0.3, 0.4) is 0 Å². The van der Waals surface area contributed by atoms with E-state index in [0.717, 1.165) is 15.8 Å². The number of nitrogens with zero attached hydrogens (tertiary/aromatic N) is 2. The normalized spacial score (nSPS) is 10.7. The van der Waals surface area contributed by atoms with Gasteiger partial charge in [-0.25, -0.2) is 9.97 Å². The molecule has 150 valence electrons. The van der Waals surface area contributed by atoms with E-state index in [1.165, 1.54) is 24.5 Å². The maximum Gasteiger partial charge on any atom is 0.251 e. The van der Waals surface area contributed by atoms with E-state index in [4.69, 9.17) is 15.5 Å². The van der Waals surface area contributed by atoms with Crippen LogP contribution >= 0.6 is 11.3 Å². The molecule has 3 N–H and O–H groups in total. The molecule has 2 aromatic heterocycles. The van der Waals surface area contributed by atoms with Crippen LogP contribution in [-0.2, 0) is 0 Å². The number of fused-ring (bicyclic) bond motifs is 1. The number of aromatic nitrogens is 2. The Labute approximate surface area is 176 Å². The number of benzene rings is 2. The van der Waals surface area contributed by atoms with Crippen LogP contribution in [0.2, 0.25) is 0 Å². The summed E-state index contributed by atoms with van der Waals surface area (Å²) in [5, 5.41) is 3.18. The summed E-state index contributed by atoms with van der Waals surface area (Å²) in [7, 11) is 3.08. The second-order valence-corrected chi connectivity index (χ2v) is 7.45. The molecule has 0 aliphatic rings. The predicted molar refractivity (Wildman–Crippen MR) is 117 cm³/mol. The minimum atomic E-state index is -0.579. The molecule has 0 aliphatic carbocycles. The molecular weight excluding hydrogens is 400 g/mol. The molecule has 0 atom stereocenters. The number of carbonyl (C=O) groups is 2. The van der Waals surface area contributed by atoms with Gasteiger partial charge in [0.25, 0.3) is 5.91 Å². The number of rotatable bonds is 5. The number of hydrogen-bond donors (Lipinski definition) is 2. The minimum absolute atomic E-state index is 0.284. The van der Waals surface area contributed by atoms with Crippen molar-refractivity contribution in [3.05, 3.63) is 65.9 Å². The van der Waals surface area contributed by atoms with Gasteiger partial charge in [0, 0.05) is 35.5 Å². The van der Waals surface area contributed by atoms with Crippen LogP contribution in [-0.4, -0.2) is 35.9 Å². The van der Waals surface area contributed by atoms with Gasteiger partial charge >= 0.3 is 0 Å². The standard InChI is InChI=1S/C22H18N4O3S/c1-24-20(28)14-9-8-13(19(23)27)10-15(14)22-26-17-18(30-22)16(11-25-21(17)29-2)12-6-4-3-5-7-12/h3-11H,1-2H3,(H2,23,27)(H,24,28). The monoisotopic (exact) mass is 418 g/mol. The lowest BCUT2D eigenvalue weighted by Gasteiger charge is -2.07. The van der Waals surface area contributed by atoms with Crippen molar-refractivity contribution < 1.29 is 14.3 Å². The highest BCUT2D eigenvalue weighted by molar-refractivity contribution is 7.22. The van der Waals surface area contributed by atoms with Crippen LogP contribution in [0.15, 0.2) is 54.7 Å². The van der Waals surface area contributed by atoms with Crippen molar-refractivity contribution in [3.8, 4) is 27.6 Å². The number of nitrogens with one attached hydrogen (secondary N) is 1. The Balaban J connectivity index is 2.00. The van der Waals surface area contributed by atoms with E-state index in [0.29, 0.717) is 33.1 Å². The number of hydrogen-bond acceptors (Lipinski definition) is 6. The number of amides is 2. The predicted octanol–water partition coefficient (Wildman–Crippen LogP) is 3.49. The molecule has 4 aromatic rings. The summed E-state index contributed by atoms with van der Waals surface area (Å²) in [5.74, 6) is -0.474. The molecule has 2 aromatic carbocycles. The second-order valence-electron chi connectivity index (χ2n) is 6.45. The summed E-state index contributed by atoms with van der Waals surface area (Å²) in [6.07, 6.45) is 1.75. The molecule has 2 heterocycles. The molecule has 2 amide bonds. The highest BCUT2D eigenvalue weighted by Crippen LogP contribution is 2.40. The fourth-order valence-electron chi connectivity index (χ4n) is 3.19. The van der Waals surface area contributed by atoms with Gasteiger partial charge in [-0.3, -0.25) is 9.59 Å². The smallest absolute Gasteiger partial charge is 0.251 e. The Kier molecular flexibility index (Phi) is 5.16. The third-order valence-electron chi connectivity index (χ3n) is 4.67. The Hall–Kier alpha value is -3.78.